The fourth-order valence-electron chi connectivity index (χ4n) is 1.03. The fourth-order valence-corrected chi connectivity index (χ4v) is 1.81. The Labute approximate surface area is 100 Å². The van der Waals surface area contributed by atoms with Crippen LogP contribution in [0.5, 0.6) is 0 Å². The molecule has 1 rings (SSSR count). The summed E-state index contributed by atoms with van der Waals surface area (Å²) in [4.78, 5) is 4.22. The van der Waals surface area contributed by atoms with Crippen LogP contribution in [-0.4, -0.2) is 15.4 Å². The highest BCUT2D eigenvalue weighted by molar-refractivity contribution is 7.99. The highest BCUT2D eigenvalue weighted by Gasteiger charge is 2.14. The number of aromatic nitrogens is 2. The first-order valence-corrected chi connectivity index (χ1v) is 6.35. The second-order valence-corrected chi connectivity index (χ2v) is 5.02. The van der Waals surface area contributed by atoms with Gasteiger partial charge < -0.3 is 10.3 Å². The molecular weight excluding hydrogens is 222 g/mol. The van der Waals surface area contributed by atoms with Crippen LogP contribution in [0.3, 0.4) is 0 Å². The predicted octanol–water partition coefficient (Wildman–Crippen LogP) is 2.12. The smallest absolute Gasteiger partial charge is 0.244 e. The second-order valence-electron chi connectivity index (χ2n) is 3.59. The van der Waals surface area contributed by atoms with Crippen molar-refractivity contribution in [1.82, 2.24) is 10.1 Å². The van der Waals surface area contributed by atoms with Gasteiger partial charge in [0.15, 0.2) is 5.82 Å². The molecule has 0 saturated carbocycles. The molecule has 2 N–H and O–H groups in total. The SMILES string of the molecule is C#CCC(N)c1nc(CSC(C)CC)no1. The Hall–Kier alpha value is -0.990. The summed E-state index contributed by atoms with van der Waals surface area (Å²) in [5, 5.41) is 4.47. The molecule has 88 valence electrons. The van der Waals surface area contributed by atoms with Gasteiger partial charge in [0.25, 0.3) is 0 Å². The van der Waals surface area contributed by atoms with Crippen LogP contribution in [0, 0.1) is 12.3 Å². The average molecular weight is 239 g/mol. The molecule has 0 bridgehead atoms. The zero-order valence-electron chi connectivity index (χ0n) is 9.64. The minimum absolute atomic E-state index is 0.347. The zero-order chi connectivity index (χ0) is 12.0. The normalized spacial score (nSPS) is 14.4. The summed E-state index contributed by atoms with van der Waals surface area (Å²) in [7, 11) is 0. The van der Waals surface area contributed by atoms with Crippen LogP contribution in [-0.2, 0) is 5.75 Å². The maximum Gasteiger partial charge on any atom is 0.244 e. The molecule has 0 radical (unpaired) electrons. The van der Waals surface area contributed by atoms with Crippen LogP contribution < -0.4 is 5.73 Å². The van der Waals surface area contributed by atoms with Gasteiger partial charge in [-0.3, -0.25) is 0 Å². The molecule has 0 aliphatic carbocycles. The van der Waals surface area contributed by atoms with Crippen molar-refractivity contribution in [3.05, 3.63) is 11.7 Å². The van der Waals surface area contributed by atoms with E-state index in [4.69, 9.17) is 16.7 Å². The number of terminal acetylenes is 1. The van der Waals surface area contributed by atoms with E-state index in [1.165, 1.54) is 0 Å². The summed E-state index contributed by atoms with van der Waals surface area (Å²) < 4.78 is 5.05. The van der Waals surface area contributed by atoms with Crippen LogP contribution in [0.1, 0.15) is 44.4 Å². The van der Waals surface area contributed by atoms with Crippen LogP contribution in [0.15, 0.2) is 4.52 Å². The summed E-state index contributed by atoms with van der Waals surface area (Å²) in [6.07, 6.45) is 6.71. The highest BCUT2D eigenvalue weighted by atomic mass is 32.2. The Morgan fingerprint density at radius 2 is 2.38 bits per heavy atom. The third-order valence-corrected chi connectivity index (χ3v) is 3.54. The quantitative estimate of drug-likeness (QED) is 0.770. The fraction of sp³-hybridized carbons (Fsp3) is 0.636. The van der Waals surface area contributed by atoms with Gasteiger partial charge in [0.05, 0.1) is 11.8 Å². The van der Waals surface area contributed by atoms with Crippen molar-refractivity contribution >= 4 is 11.8 Å². The molecule has 2 atom stereocenters. The zero-order valence-corrected chi connectivity index (χ0v) is 10.5. The molecule has 1 heterocycles. The van der Waals surface area contributed by atoms with E-state index in [2.05, 4.69) is 29.9 Å². The van der Waals surface area contributed by atoms with Crippen molar-refractivity contribution in [3.63, 3.8) is 0 Å². The second kappa shape index (κ2) is 6.56. The van der Waals surface area contributed by atoms with Crippen LogP contribution in [0.4, 0.5) is 0 Å². The van der Waals surface area contributed by atoms with Gasteiger partial charge in [0.1, 0.15) is 0 Å². The summed E-state index contributed by atoms with van der Waals surface area (Å²) >= 11 is 1.80. The first-order chi connectivity index (χ1) is 7.67. The summed E-state index contributed by atoms with van der Waals surface area (Å²) in [5.74, 6) is 4.34. The molecule has 1 aromatic heterocycles. The molecule has 0 spiro atoms. The summed E-state index contributed by atoms with van der Waals surface area (Å²) in [5.41, 5.74) is 5.76. The molecule has 0 amide bonds. The number of hydrogen-bond acceptors (Lipinski definition) is 5. The van der Waals surface area contributed by atoms with Gasteiger partial charge in [0, 0.05) is 11.7 Å². The monoisotopic (exact) mass is 239 g/mol. The van der Waals surface area contributed by atoms with E-state index in [0.717, 1.165) is 12.2 Å². The Kier molecular flexibility index (Phi) is 5.36. The van der Waals surface area contributed by atoms with Gasteiger partial charge in [-0.25, -0.2) is 0 Å². The third-order valence-electron chi connectivity index (χ3n) is 2.21. The molecule has 0 saturated heterocycles. The predicted molar refractivity (Wildman–Crippen MR) is 65.7 cm³/mol. The summed E-state index contributed by atoms with van der Waals surface area (Å²) in [6.45, 7) is 4.33. The molecule has 1 aromatic rings. The van der Waals surface area contributed by atoms with Crippen molar-refractivity contribution in [2.24, 2.45) is 5.73 Å². The van der Waals surface area contributed by atoms with Gasteiger partial charge in [-0.15, -0.1) is 12.3 Å². The minimum atomic E-state index is -0.347. The van der Waals surface area contributed by atoms with E-state index in [1.54, 1.807) is 11.8 Å². The number of nitrogens with zero attached hydrogens (tertiary/aromatic N) is 2. The maximum atomic E-state index is 5.76. The maximum absolute atomic E-state index is 5.76. The number of hydrogen-bond donors (Lipinski definition) is 1. The third kappa shape index (κ3) is 3.87. The molecule has 5 heteroatoms. The molecule has 0 fully saturated rings. The first kappa shape index (κ1) is 13.1. The molecule has 0 aromatic carbocycles. The number of rotatable bonds is 6. The molecular formula is C11H17N3OS. The van der Waals surface area contributed by atoms with Crippen molar-refractivity contribution in [1.29, 1.82) is 0 Å². The molecule has 4 nitrogen and oxygen atoms in total. The van der Waals surface area contributed by atoms with E-state index >= 15 is 0 Å². The van der Waals surface area contributed by atoms with Crippen molar-refractivity contribution in [3.8, 4) is 12.3 Å². The molecule has 2 unspecified atom stereocenters. The molecule has 0 aliphatic heterocycles. The number of thioether (sulfide) groups is 1. The van der Waals surface area contributed by atoms with Gasteiger partial charge in [-0.05, 0) is 6.42 Å². The Morgan fingerprint density at radius 3 is 3.00 bits per heavy atom. The van der Waals surface area contributed by atoms with E-state index in [1.807, 2.05) is 0 Å². The lowest BCUT2D eigenvalue weighted by Gasteiger charge is -2.04. The Morgan fingerprint density at radius 1 is 1.62 bits per heavy atom. The lowest BCUT2D eigenvalue weighted by atomic mass is 10.2. The molecule has 0 aliphatic rings. The van der Waals surface area contributed by atoms with Gasteiger partial charge in [0.2, 0.25) is 5.89 Å². The lowest BCUT2D eigenvalue weighted by Crippen LogP contribution is -2.09. The van der Waals surface area contributed by atoms with Crippen molar-refractivity contribution < 1.29 is 4.52 Å². The number of nitrogens with two attached hydrogens (primary N) is 1. The highest BCUT2D eigenvalue weighted by Crippen LogP contribution is 2.19. The Bertz CT molecular complexity index is 358. The lowest BCUT2D eigenvalue weighted by molar-refractivity contribution is 0.353. The van der Waals surface area contributed by atoms with Crippen molar-refractivity contribution in [2.45, 2.75) is 43.7 Å². The average Bonchev–Trinajstić information content (AvgIpc) is 2.75. The largest absolute Gasteiger partial charge is 0.338 e. The summed E-state index contributed by atoms with van der Waals surface area (Å²) in [6, 6.07) is -0.347. The van der Waals surface area contributed by atoms with Gasteiger partial charge >= 0.3 is 0 Å². The van der Waals surface area contributed by atoms with E-state index < -0.39 is 0 Å². The van der Waals surface area contributed by atoms with Crippen molar-refractivity contribution in [2.75, 3.05) is 0 Å². The van der Waals surface area contributed by atoms with E-state index in [9.17, 15) is 0 Å². The standard InChI is InChI=1S/C11H17N3OS/c1-4-6-9(12)11-13-10(14-15-11)7-16-8(3)5-2/h1,8-9H,5-7,12H2,2-3H3. The topological polar surface area (TPSA) is 64.9 Å². The minimum Gasteiger partial charge on any atom is -0.338 e. The van der Waals surface area contributed by atoms with Crippen LogP contribution in [0.25, 0.3) is 0 Å². The van der Waals surface area contributed by atoms with Gasteiger partial charge in [-0.1, -0.05) is 19.0 Å². The Balaban J connectivity index is 2.48. The van der Waals surface area contributed by atoms with E-state index in [-0.39, 0.29) is 6.04 Å². The molecule has 16 heavy (non-hydrogen) atoms. The first-order valence-electron chi connectivity index (χ1n) is 5.30. The van der Waals surface area contributed by atoms with Gasteiger partial charge in [-0.2, -0.15) is 16.7 Å². The van der Waals surface area contributed by atoms with E-state index in [0.29, 0.717) is 23.4 Å². The van der Waals surface area contributed by atoms with Crippen LogP contribution in [0.2, 0.25) is 0 Å². The van der Waals surface area contributed by atoms with Crippen LogP contribution >= 0.6 is 11.8 Å².